The molecule has 2 aromatic rings. The number of benzene rings is 2. The Morgan fingerprint density at radius 3 is 2.14 bits per heavy atom. The van der Waals surface area contributed by atoms with Crippen LogP contribution in [0.4, 0.5) is 13.2 Å². The van der Waals surface area contributed by atoms with E-state index in [0.29, 0.717) is 11.1 Å². The second kappa shape index (κ2) is 6.49. The highest BCUT2D eigenvalue weighted by Crippen LogP contribution is 2.26. The van der Waals surface area contributed by atoms with Crippen molar-refractivity contribution in [1.82, 2.24) is 0 Å². The fraction of sp³-hybridized carbons (Fsp3) is 0.200. The fourth-order valence-corrected chi connectivity index (χ4v) is 1.93. The van der Waals surface area contributed by atoms with Gasteiger partial charge >= 0.3 is 6.61 Å². The minimum absolute atomic E-state index is 0.0434. The molecule has 0 radical (unpaired) electrons. The monoisotopic (exact) mass is 297 g/mol. The van der Waals surface area contributed by atoms with Gasteiger partial charge in [-0.2, -0.15) is 8.78 Å². The van der Waals surface area contributed by atoms with Crippen molar-refractivity contribution < 1.29 is 22.6 Å². The number of methoxy groups -OCH3 is 1. The van der Waals surface area contributed by atoms with Gasteiger partial charge in [-0.15, -0.1) is 0 Å². The lowest BCUT2D eigenvalue weighted by Crippen LogP contribution is -2.12. The predicted octanol–water partition coefficient (Wildman–Crippen LogP) is 3.48. The normalized spacial score (nSPS) is 12.3. The quantitative estimate of drug-likeness (QED) is 0.919. The van der Waals surface area contributed by atoms with Gasteiger partial charge in [0, 0.05) is 0 Å². The Morgan fingerprint density at radius 1 is 1.00 bits per heavy atom. The molecule has 0 heterocycles. The Hall–Kier alpha value is -2.21. The van der Waals surface area contributed by atoms with Gasteiger partial charge in [0.15, 0.2) is 11.6 Å². The summed E-state index contributed by atoms with van der Waals surface area (Å²) in [5.74, 6) is -0.336. The summed E-state index contributed by atoms with van der Waals surface area (Å²) in [5, 5.41) is 0. The Kier molecular flexibility index (Phi) is 4.70. The van der Waals surface area contributed by atoms with Crippen LogP contribution in [-0.4, -0.2) is 13.7 Å². The number of rotatable bonds is 5. The zero-order valence-electron chi connectivity index (χ0n) is 11.2. The molecule has 1 unspecified atom stereocenters. The summed E-state index contributed by atoms with van der Waals surface area (Å²) >= 11 is 0. The summed E-state index contributed by atoms with van der Waals surface area (Å²) in [5.41, 5.74) is 7.24. The van der Waals surface area contributed by atoms with E-state index in [2.05, 4.69) is 4.74 Å². The third-order valence-electron chi connectivity index (χ3n) is 3.00. The summed E-state index contributed by atoms with van der Waals surface area (Å²) in [6.45, 7) is -2.87. The molecule has 0 aliphatic heterocycles. The molecule has 112 valence electrons. The average molecular weight is 297 g/mol. The van der Waals surface area contributed by atoms with Crippen LogP contribution in [0.2, 0.25) is 0 Å². The van der Waals surface area contributed by atoms with Gasteiger partial charge in [-0.3, -0.25) is 0 Å². The van der Waals surface area contributed by atoms with Gasteiger partial charge in [-0.1, -0.05) is 18.2 Å². The fourth-order valence-electron chi connectivity index (χ4n) is 1.93. The minimum Gasteiger partial charge on any atom is -0.494 e. The van der Waals surface area contributed by atoms with Gasteiger partial charge < -0.3 is 15.2 Å². The maximum absolute atomic E-state index is 13.7. The Bertz CT molecular complexity index is 602. The van der Waals surface area contributed by atoms with Gasteiger partial charge in [0.05, 0.1) is 13.2 Å². The van der Waals surface area contributed by atoms with Crippen LogP contribution < -0.4 is 15.2 Å². The molecule has 6 heteroatoms. The van der Waals surface area contributed by atoms with Crippen LogP contribution in [0, 0.1) is 5.82 Å². The molecular weight excluding hydrogens is 283 g/mol. The maximum Gasteiger partial charge on any atom is 0.387 e. The maximum atomic E-state index is 13.7. The second-order valence-corrected chi connectivity index (χ2v) is 4.32. The molecule has 0 fully saturated rings. The van der Waals surface area contributed by atoms with Crippen molar-refractivity contribution in [2.24, 2.45) is 5.73 Å². The van der Waals surface area contributed by atoms with E-state index in [9.17, 15) is 13.2 Å². The molecule has 0 amide bonds. The van der Waals surface area contributed by atoms with Crippen molar-refractivity contribution in [1.29, 1.82) is 0 Å². The zero-order chi connectivity index (χ0) is 15.4. The average Bonchev–Trinajstić information content (AvgIpc) is 2.46. The molecule has 2 rings (SSSR count). The zero-order valence-corrected chi connectivity index (χ0v) is 11.2. The van der Waals surface area contributed by atoms with Crippen LogP contribution >= 0.6 is 0 Å². The van der Waals surface area contributed by atoms with E-state index < -0.39 is 18.5 Å². The molecule has 3 nitrogen and oxygen atoms in total. The first-order valence-corrected chi connectivity index (χ1v) is 6.15. The molecule has 2 N–H and O–H groups in total. The van der Waals surface area contributed by atoms with Crippen LogP contribution in [0.15, 0.2) is 42.5 Å². The van der Waals surface area contributed by atoms with E-state index in [1.807, 2.05) is 0 Å². The summed E-state index contributed by atoms with van der Waals surface area (Å²) < 4.78 is 46.9. The van der Waals surface area contributed by atoms with Crippen molar-refractivity contribution >= 4 is 0 Å². The minimum atomic E-state index is -2.87. The lowest BCUT2D eigenvalue weighted by Gasteiger charge is -2.14. The number of halogens is 3. The molecule has 21 heavy (non-hydrogen) atoms. The van der Waals surface area contributed by atoms with Crippen molar-refractivity contribution in [3.63, 3.8) is 0 Å². The van der Waals surface area contributed by atoms with Gasteiger partial charge in [0.2, 0.25) is 0 Å². The third kappa shape index (κ3) is 3.66. The Balaban J connectivity index is 2.19. The molecule has 0 spiro atoms. The smallest absolute Gasteiger partial charge is 0.387 e. The highest BCUT2D eigenvalue weighted by molar-refractivity contribution is 5.38. The van der Waals surface area contributed by atoms with E-state index in [-0.39, 0.29) is 11.5 Å². The SMILES string of the molecule is COc1ccc(C(N)c2ccc(OC(F)F)cc2)cc1F. The number of ether oxygens (including phenoxy) is 2. The molecule has 0 aliphatic carbocycles. The van der Waals surface area contributed by atoms with Gasteiger partial charge in [0.25, 0.3) is 0 Å². The first-order chi connectivity index (χ1) is 10.0. The van der Waals surface area contributed by atoms with E-state index in [1.54, 1.807) is 18.2 Å². The van der Waals surface area contributed by atoms with Crippen LogP contribution in [-0.2, 0) is 0 Å². The second-order valence-electron chi connectivity index (χ2n) is 4.32. The summed E-state index contributed by atoms with van der Waals surface area (Å²) in [4.78, 5) is 0. The summed E-state index contributed by atoms with van der Waals surface area (Å²) in [6, 6.07) is 9.74. The third-order valence-corrected chi connectivity index (χ3v) is 3.00. The van der Waals surface area contributed by atoms with Crippen LogP contribution in [0.1, 0.15) is 17.2 Å². The predicted molar refractivity (Wildman–Crippen MR) is 72.1 cm³/mol. The largest absolute Gasteiger partial charge is 0.494 e. The van der Waals surface area contributed by atoms with E-state index in [4.69, 9.17) is 10.5 Å². The first kappa shape index (κ1) is 15.2. The lowest BCUT2D eigenvalue weighted by atomic mass is 9.99. The summed E-state index contributed by atoms with van der Waals surface area (Å²) in [6.07, 6.45) is 0. The topological polar surface area (TPSA) is 44.5 Å². The van der Waals surface area contributed by atoms with Crippen molar-refractivity contribution in [3.8, 4) is 11.5 Å². The molecule has 0 aliphatic rings. The molecule has 2 aromatic carbocycles. The van der Waals surface area contributed by atoms with Crippen LogP contribution in [0.25, 0.3) is 0 Å². The Labute approximate surface area is 120 Å². The molecule has 0 bridgehead atoms. The molecule has 0 aromatic heterocycles. The molecule has 0 saturated heterocycles. The number of hydrogen-bond donors (Lipinski definition) is 1. The highest BCUT2D eigenvalue weighted by atomic mass is 19.3. The number of hydrogen-bond acceptors (Lipinski definition) is 3. The summed E-state index contributed by atoms with van der Waals surface area (Å²) in [7, 11) is 1.37. The highest BCUT2D eigenvalue weighted by Gasteiger charge is 2.13. The lowest BCUT2D eigenvalue weighted by molar-refractivity contribution is -0.0498. The Morgan fingerprint density at radius 2 is 1.62 bits per heavy atom. The van der Waals surface area contributed by atoms with E-state index >= 15 is 0 Å². The molecular formula is C15H14F3NO2. The van der Waals surface area contributed by atoms with Gasteiger partial charge in [-0.25, -0.2) is 4.39 Å². The van der Waals surface area contributed by atoms with Crippen molar-refractivity contribution in [2.75, 3.05) is 7.11 Å². The van der Waals surface area contributed by atoms with Crippen molar-refractivity contribution in [2.45, 2.75) is 12.7 Å². The van der Waals surface area contributed by atoms with Crippen molar-refractivity contribution in [3.05, 3.63) is 59.4 Å². The van der Waals surface area contributed by atoms with Gasteiger partial charge in [0.1, 0.15) is 5.75 Å². The standard InChI is InChI=1S/C15H14F3NO2/c1-20-13-7-4-10(8-12(13)16)14(19)9-2-5-11(6-3-9)21-15(17)18/h2-8,14-15H,19H2,1H3. The van der Waals surface area contributed by atoms with E-state index in [1.165, 1.54) is 31.4 Å². The first-order valence-electron chi connectivity index (χ1n) is 6.15. The van der Waals surface area contributed by atoms with E-state index in [0.717, 1.165) is 0 Å². The van der Waals surface area contributed by atoms with Crippen LogP contribution in [0.3, 0.4) is 0 Å². The molecule has 1 atom stereocenters. The van der Waals surface area contributed by atoms with Gasteiger partial charge in [-0.05, 0) is 35.4 Å². The molecule has 0 saturated carbocycles. The van der Waals surface area contributed by atoms with Crippen LogP contribution in [0.5, 0.6) is 11.5 Å². The number of nitrogens with two attached hydrogens (primary N) is 1. The number of alkyl halides is 2.